The number of carbonyl (C=O) groups is 2. The zero-order valence-electron chi connectivity index (χ0n) is 11.8. The molecule has 5 nitrogen and oxygen atoms in total. The van der Waals surface area contributed by atoms with E-state index in [1.165, 1.54) is 13.3 Å². The first-order chi connectivity index (χ1) is 8.50. The highest BCUT2D eigenvalue weighted by Gasteiger charge is 2.20. The van der Waals surface area contributed by atoms with Crippen LogP contribution in [0, 0.1) is 0 Å². The van der Waals surface area contributed by atoms with E-state index < -0.39 is 0 Å². The fraction of sp³-hybridized carbons (Fsp3) is 0.846. The average molecular weight is 255 g/mol. The molecule has 0 aromatic rings. The molecule has 0 N–H and O–H groups in total. The lowest BCUT2D eigenvalue weighted by Crippen LogP contribution is -2.45. The van der Waals surface area contributed by atoms with E-state index in [2.05, 4.69) is 0 Å². The first-order valence-corrected chi connectivity index (χ1v) is 6.68. The molecule has 1 aliphatic rings. The number of nitrogens with zero attached hydrogens (tertiary/aromatic N) is 3. The fourth-order valence-corrected chi connectivity index (χ4v) is 2.08. The molecule has 1 fully saturated rings. The van der Waals surface area contributed by atoms with Crippen LogP contribution in [0.2, 0.25) is 0 Å². The van der Waals surface area contributed by atoms with Crippen LogP contribution in [0.15, 0.2) is 0 Å². The molecule has 0 unspecified atom stereocenters. The van der Waals surface area contributed by atoms with Crippen molar-refractivity contribution in [2.45, 2.75) is 26.2 Å². The Kier molecular flexibility index (Phi) is 6.12. The first-order valence-electron chi connectivity index (χ1n) is 6.68. The number of likely N-dealkylation sites (N-methyl/N-ethyl adjacent to an activating group) is 1. The maximum Gasteiger partial charge on any atom is 0.242 e. The molecular formula is C13H25N3O2. The summed E-state index contributed by atoms with van der Waals surface area (Å²) in [5.74, 6) is 0.0610. The van der Waals surface area contributed by atoms with E-state index in [9.17, 15) is 9.59 Å². The van der Waals surface area contributed by atoms with Gasteiger partial charge in [-0.1, -0.05) is 0 Å². The number of piperidine rings is 1. The van der Waals surface area contributed by atoms with Crippen LogP contribution in [0.5, 0.6) is 0 Å². The summed E-state index contributed by atoms with van der Waals surface area (Å²) in [7, 11) is 3.93. The molecule has 0 atom stereocenters. The van der Waals surface area contributed by atoms with Gasteiger partial charge >= 0.3 is 0 Å². The monoisotopic (exact) mass is 255 g/mol. The highest BCUT2D eigenvalue weighted by atomic mass is 16.2. The minimum atomic E-state index is -0.0257. The van der Waals surface area contributed by atoms with E-state index in [-0.39, 0.29) is 18.4 Å². The van der Waals surface area contributed by atoms with Gasteiger partial charge in [0.2, 0.25) is 11.8 Å². The second-order valence-electron chi connectivity index (χ2n) is 5.19. The van der Waals surface area contributed by atoms with Crippen LogP contribution in [0.1, 0.15) is 26.2 Å². The summed E-state index contributed by atoms with van der Waals surface area (Å²) in [6, 6.07) is 0. The minimum Gasteiger partial charge on any atom is -0.341 e. The summed E-state index contributed by atoms with van der Waals surface area (Å²) in [5.41, 5.74) is 0. The number of carbonyl (C=O) groups excluding carboxylic acids is 2. The molecule has 1 aliphatic heterocycles. The standard InChI is InChI=1S/C13H25N3O2/c1-12(17)16(10-9-14(2)3)11-13(18)15-7-5-4-6-8-15/h4-11H2,1-3H3. The molecule has 0 aromatic carbocycles. The van der Waals surface area contributed by atoms with Crippen LogP contribution in [-0.2, 0) is 9.59 Å². The van der Waals surface area contributed by atoms with Gasteiger partial charge in [-0.3, -0.25) is 9.59 Å². The number of hydrogen-bond acceptors (Lipinski definition) is 3. The van der Waals surface area contributed by atoms with Crippen LogP contribution >= 0.6 is 0 Å². The molecule has 1 heterocycles. The molecule has 5 heteroatoms. The van der Waals surface area contributed by atoms with Crippen molar-refractivity contribution in [1.29, 1.82) is 0 Å². The third-order valence-electron chi connectivity index (χ3n) is 3.30. The van der Waals surface area contributed by atoms with Crippen LogP contribution in [0.4, 0.5) is 0 Å². The topological polar surface area (TPSA) is 43.9 Å². The Balaban J connectivity index is 2.43. The first kappa shape index (κ1) is 15.0. The van der Waals surface area contributed by atoms with Gasteiger partial charge in [-0.05, 0) is 33.4 Å². The van der Waals surface area contributed by atoms with Gasteiger partial charge in [0.15, 0.2) is 0 Å². The minimum absolute atomic E-state index is 0.0257. The normalized spacial score (nSPS) is 15.9. The van der Waals surface area contributed by atoms with Gasteiger partial charge < -0.3 is 14.7 Å². The number of amides is 2. The fourth-order valence-electron chi connectivity index (χ4n) is 2.08. The Bertz CT molecular complexity index is 286. The third-order valence-corrected chi connectivity index (χ3v) is 3.30. The Morgan fingerprint density at radius 1 is 1.06 bits per heavy atom. The SMILES string of the molecule is CC(=O)N(CCN(C)C)CC(=O)N1CCCCC1. The Labute approximate surface area is 110 Å². The molecule has 104 valence electrons. The van der Waals surface area contributed by atoms with Crippen molar-refractivity contribution in [3.8, 4) is 0 Å². The van der Waals surface area contributed by atoms with Crippen molar-refractivity contribution in [2.75, 3.05) is 46.8 Å². The maximum atomic E-state index is 12.1. The lowest BCUT2D eigenvalue weighted by molar-refractivity contribution is -0.140. The van der Waals surface area contributed by atoms with Gasteiger partial charge in [-0.15, -0.1) is 0 Å². The van der Waals surface area contributed by atoms with Crippen LogP contribution < -0.4 is 0 Å². The van der Waals surface area contributed by atoms with Crippen LogP contribution in [0.3, 0.4) is 0 Å². The second kappa shape index (κ2) is 7.36. The second-order valence-corrected chi connectivity index (χ2v) is 5.19. The number of rotatable bonds is 5. The van der Waals surface area contributed by atoms with E-state index in [0.717, 1.165) is 32.5 Å². The molecule has 1 rings (SSSR count). The predicted molar refractivity (Wildman–Crippen MR) is 71.2 cm³/mol. The van der Waals surface area contributed by atoms with Gasteiger partial charge in [0.1, 0.15) is 0 Å². The average Bonchev–Trinajstić information content (AvgIpc) is 2.34. The van der Waals surface area contributed by atoms with Gasteiger partial charge in [-0.25, -0.2) is 0 Å². The Morgan fingerprint density at radius 3 is 2.17 bits per heavy atom. The number of hydrogen-bond donors (Lipinski definition) is 0. The van der Waals surface area contributed by atoms with E-state index >= 15 is 0 Å². The zero-order valence-corrected chi connectivity index (χ0v) is 11.8. The molecule has 0 radical (unpaired) electrons. The van der Waals surface area contributed by atoms with Crippen molar-refractivity contribution in [3.05, 3.63) is 0 Å². The summed E-state index contributed by atoms with van der Waals surface area (Å²) in [6.45, 7) is 4.84. The van der Waals surface area contributed by atoms with Gasteiger partial charge in [0.25, 0.3) is 0 Å². The predicted octanol–water partition coefficient (Wildman–Crippen LogP) is 0.409. The van der Waals surface area contributed by atoms with Crippen molar-refractivity contribution >= 4 is 11.8 Å². The molecule has 0 aromatic heterocycles. The van der Waals surface area contributed by atoms with Crippen molar-refractivity contribution in [2.24, 2.45) is 0 Å². The Hall–Kier alpha value is -1.10. The van der Waals surface area contributed by atoms with Crippen molar-refractivity contribution < 1.29 is 9.59 Å². The lowest BCUT2D eigenvalue weighted by Gasteiger charge is -2.30. The summed E-state index contributed by atoms with van der Waals surface area (Å²) in [5, 5.41) is 0. The van der Waals surface area contributed by atoms with Crippen molar-refractivity contribution in [1.82, 2.24) is 14.7 Å². The highest BCUT2D eigenvalue weighted by molar-refractivity contribution is 5.83. The molecule has 18 heavy (non-hydrogen) atoms. The van der Waals surface area contributed by atoms with E-state index in [1.54, 1.807) is 4.90 Å². The van der Waals surface area contributed by atoms with Gasteiger partial charge in [0.05, 0.1) is 6.54 Å². The van der Waals surface area contributed by atoms with Crippen LogP contribution in [-0.4, -0.2) is 73.3 Å². The molecule has 0 saturated carbocycles. The van der Waals surface area contributed by atoms with E-state index in [1.807, 2.05) is 23.9 Å². The summed E-state index contributed by atoms with van der Waals surface area (Å²) in [4.78, 5) is 29.1. The van der Waals surface area contributed by atoms with E-state index in [4.69, 9.17) is 0 Å². The summed E-state index contributed by atoms with van der Waals surface area (Å²) >= 11 is 0. The van der Waals surface area contributed by atoms with E-state index in [0.29, 0.717) is 6.54 Å². The molecule has 1 saturated heterocycles. The molecular weight excluding hydrogens is 230 g/mol. The molecule has 0 bridgehead atoms. The smallest absolute Gasteiger partial charge is 0.242 e. The summed E-state index contributed by atoms with van der Waals surface area (Å²) in [6.07, 6.45) is 3.38. The lowest BCUT2D eigenvalue weighted by atomic mass is 10.1. The molecule has 0 spiro atoms. The largest absolute Gasteiger partial charge is 0.341 e. The summed E-state index contributed by atoms with van der Waals surface area (Å²) < 4.78 is 0. The molecule has 2 amide bonds. The number of likely N-dealkylation sites (tertiary alicyclic amines) is 1. The Morgan fingerprint density at radius 2 is 1.67 bits per heavy atom. The zero-order chi connectivity index (χ0) is 13.5. The highest BCUT2D eigenvalue weighted by Crippen LogP contribution is 2.09. The quantitative estimate of drug-likeness (QED) is 0.714. The van der Waals surface area contributed by atoms with Gasteiger partial charge in [-0.2, -0.15) is 0 Å². The maximum absolute atomic E-state index is 12.1. The van der Waals surface area contributed by atoms with Gasteiger partial charge in [0, 0.05) is 33.1 Å². The third kappa shape index (κ3) is 5.04. The molecule has 0 aliphatic carbocycles. The van der Waals surface area contributed by atoms with Crippen LogP contribution in [0.25, 0.3) is 0 Å². The van der Waals surface area contributed by atoms with Crippen molar-refractivity contribution in [3.63, 3.8) is 0 Å².